The first-order valence-corrected chi connectivity index (χ1v) is 14.5. The van der Waals surface area contributed by atoms with E-state index in [1.807, 2.05) is 44.2 Å². The summed E-state index contributed by atoms with van der Waals surface area (Å²) >= 11 is 1.68. The quantitative estimate of drug-likeness (QED) is 0.226. The van der Waals surface area contributed by atoms with Crippen molar-refractivity contribution < 1.29 is 19.1 Å². The van der Waals surface area contributed by atoms with Gasteiger partial charge in [-0.15, -0.1) is 11.3 Å². The van der Waals surface area contributed by atoms with E-state index in [4.69, 9.17) is 14.5 Å². The van der Waals surface area contributed by atoms with Crippen LogP contribution in [0.15, 0.2) is 36.4 Å². The average molecular weight is 564 g/mol. The largest absolute Gasteiger partial charge is 0.496 e. The Labute approximate surface area is 239 Å². The number of aromatic nitrogens is 3. The van der Waals surface area contributed by atoms with Gasteiger partial charge in [-0.3, -0.25) is 4.79 Å². The fourth-order valence-electron chi connectivity index (χ4n) is 4.71. The normalized spacial score (nSPS) is 11.7. The van der Waals surface area contributed by atoms with Gasteiger partial charge in [-0.05, 0) is 57.5 Å². The smallest absolute Gasteiger partial charge is 0.344 e. The van der Waals surface area contributed by atoms with Gasteiger partial charge in [0.2, 0.25) is 0 Å². The Balaban J connectivity index is 1.99. The third-order valence-corrected chi connectivity index (χ3v) is 8.01. The number of carbonyl (C=O) groups excluding carboxylic acids is 2. The van der Waals surface area contributed by atoms with E-state index in [2.05, 4.69) is 36.0 Å². The second-order valence-corrected chi connectivity index (χ2v) is 10.3. The summed E-state index contributed by atoms with van der Waals surface area (Å²) < 4.78 is 12.3. The molecule has 40 heavy (non-hydrogen) atoms. The number of ether oxygens (including phenoxy) is 2. The van der Waals surface area contributed by atoms with Crippen LogP contribution >= 0.6 is 11.3 Å². The summed E-state index contributed by atoms with van der Waals surface area (Å²) in [5, 5.41) is 6.51. The second-order valence-electron chi connectivity index (χ2n) is 9.23. The van der Waals surface area contributed by atoms with Gasteiger partial charge in [-0.25, -0.2) is 14.3 Å². The zero-order chi connectivity index (χ0) is 28.8. The zero-order valence-corrected chi connectivity index (χ0v) is 24.9. The number of unbranched alkanes of at least 4 members (excludes halogenated alkanes) is 1. The van der Waals surface area contributed by atoms with Crippen molar-refractivity contribution in [2.75, 3.05) is 45.3 Å². The molecule has 4 aromatic rings. The minimum Gasteiger partial charge on any atom is -0.496 e. The molecule has 1 amide bonds. The number of thiophene rings is 1. The Hall–Kier alpha value is -3.92. The lowest BCUT2D eigenvalue weighted by atomic mass is 10.1. The summed E-state index contributed by atoms with van der Waals surface area (Å²) in [5.74, 6) is -0.358. The summed E-state index contributed by atoms with van der Waals surface area (Å²) in [6.07, 6.45) is 4.27. The van der Waals surface area contributed by atoms with E-state index in [9.17, 15) is 9.59 Å². The molecule has 0 N–H and O–H groups in total. The minimum absolute atomic E-state index is 0.0304. The van der Waals surface area contributed by atoms with Crippen LogP contribution in [0.1, 0.15) is 66.3 Å². The highest BCUT2D eigenvalue weighted by atomic mass is 32.1. The number of anilines is 1. The number of rotatable bonds is 12. The summed E-state index contributed by atoms with van der Waals surface area (Å²) in [5.41, 5.74) is 1.70. The van der Waals surface area contributed by atoms with Crippen molar-refractivity contribution in [3.8, 4) is 17.0 Å². The summed E-state index contributed by atoms with van der Waals surface area (Å²) in [6.45, 7) is 11.0. The number of hydrogen-bond donors (Lipinski definition) is 0. The van der Waals surface area contributed by atoms with Crippen LogP contribution in [0.4, 0.5) is 5.00 Å². The molecule has 0 aliphatic carbocycles. The fourth-order valence-corrected chi connectivity index (χ4v) is 5.74. The standard InChI is InChI=1S/C30H37N5O4S/c1-7-11-18-34(10-4)24-17-16-20(40-24)19-22-26(21-14-12-13-15-23(21)38-5)31-28-25(30(37)39-6)27(32-35(22)28)29(36)33(8-2)9-3/h12-17,19H,7-11,18H2,1-6H3/b22-19-. The molecule has 212 valence electrons. The number of methoxy groups -OCH3 is 2. The number of carbonyl (C=O) groups is 2. The van der Waals surface area contributed by atoms with E-state index in [0.717, 1.165) is 36.4 Å². The van der Waals surface area contributed by atoms with Crippen molar-refractivity contribution in [3.63, 3.8) is 0 Å². The first kappa shape index (κ1) is 29.1. The van der Waals surface area contributed by atoms with E-state index >= 15 is 0 Å². The van der Waals surface area contributed by atoms with Gasteiger partial charge in [0.1, 0.15) is 17.0 Å². The number of benzene rings is 1. The maximum atomic E-state index is 13.4. The predicted octanol–water partition coefficient (Wildman–Crippen LogP) is 4.91. The molecule has 0 radical (unpaired) electrons. The number of para-hydroxylation sites is 1. The maximum absolute atomic E-state index is 13.4. The SMILES string of the molecule is CCCCN(CC)c1ccc(/C=c2/c(-c3ccccc3OC)nc3c(C(=O)OC)c(C(=O)N(CC)CC)nn23)s1. The Bertz CT molecular complexity index is 1540. The third kappa shape index (κ3) is 5.54. The summed E-state index contributed by atoms with van der Waals surface area (Å²) in [6, 6.07) is 11.8. The molecule has 0 unspecified atom stereocenters. The van der Waals surface area contributed by atoms with Crippen LogP contribution in [0, 0.1) is 0 Å². The van der Waals surface area contributed by atoms with E-state index in [0.29, 0.717) is 29.9 Å². The Morgan fingerprint density at radius 2 is 1.77 bits per heavy atom. The van der Waals surface area contributed by atoms with Crippen molar-refractivity contribution in [3.05, 3.63) is 57.9 Å². The van der Waals surface area contributed by atoms with Gasteiger partial charge in [0, 0.05) is 36.6 Å². The molecule has 0 bridgehead atoms. The van der Waals surface area contributed by atoms with E-state index in [-0.39, 0.29) is 22.8 Å². The number of fused-ring (bicyclic) bond motifs is 1. The number of hydrogen-bond acceptors (Lipinski definition) is 8. The van der Waals surface area contributed by atoms with Gasteiger partial charge >= 0.3 is 5.97 Å². The highest BCUT2D eigenvalue weighted by Gasteiger charge is 2.31. The Kier molecular flexibility index (Phi) is 9.42. The van der Waals surface area contributed by atoms with Crippen LogP contribution in [0.25, 0.3) is 23.0 Å². The van der Waals surface area contributed by atoms with E-state index in [1.54, 1.807) is 27.9 Å². The predicted molar refractivity (Wildman–Crippen MR) is 159 cm³/mol. The van der Waals surface area contributed by atoms with Crippen molar-refractivity contribution >= 4 is 39.9 Å². The Morgan fingerprint density at radius 3 is 2.42 bits per heavy atom. The second kappa shape index (κ2) is 13.0. The molecule has 0 aliphatic heterocycles. The first-order valence-electron chi connectivity index (χ1n) is 13.7. The van der Waals surface area contributed by atoms with Gasteiger partial charge in [0.25, 0.3) is 5.91 Å². The molecule has 0 saturated heterocycles. The monoisotopic (exact) mass is 563 g/mol. The molecule has 10 heteroatoms. The van der Waals surface area contributed by atoms with Gasteiger partial charge < -0.3 is 19.3 Å². The molecule has 3 aromatic heterocycles. The molecule has 4 rings (SSSR count). The van der Waals surface area contributed by atoms with Crippen molar-refractivity contribution in [2.24, 2.45) is 0 Å². The van der Waals surface area contributed by atoms with E-state index in [1.165, 1.54) is 12.1 Å². The fraction of sp³-hybridized carbons (Fsp3) is 0.400. The molecular formula is C30H37N5O4S. The van der Waals surface area contributed by atoms with Gasteiger partial charge in [0.05, 0.1) is 24.6 Å². The molecule has 0 aliphatic rings. The maximum Gasteiger partial charge on any atom is 0.344 e. The van der Waals surface area contributed by atoms with Crippen LogP contribution in [0.2, 0.25) is 0 Å². The van der Waals surface area contributed by atoms with Crippen LogP contribution in [0.5, 0.6) is 5.75 Å². The lowest BCUT2D eigenvalue weighted by Gasteiger charge is -2.20. The molecule has 0 atom stereocenters. The average Bonchev–Trinajstić information content (AvgIpc) is 3.68. The number of imidazole rings is 1. The van der Waals surface area contributed by atoms with Crippen LogP contribution < -0.4 is 15.0 Å². The third-order valence-electron chi connectivity index (χ3n) is 6.92. The number of nitrogens with zero attached hydrogens (tertiary/aromatic N) is 5. The highest BCUT2D eigenvalue weighted by Crippen LogP contribution is 2.30. The lowest BCUT2D eigenvalue weighted by Crippen LogP contribution is -2.32. The Morgan fingerprint density at radius 1 is 1.02 bits per heavy atom. The minimum atomic E-state index is -0.658. The molecule has 0 fully saturated rings. The summed E-state index contributed by atoms with van der Waals surface area (Å²) in [4.78, 5) is 36.3. The molecule has 9 nitrogen and oxygen atoms in total. The summed E-state index contributed by atoms with van der Waals surface area (Å²) in [7, 11) is 2.90. The highest BCUT2D eigenvalue weighted by molar-refractivity contribution is 7.16. The molecule has 3 heterocycles. The van der Waals surface area contributed by atoms with Crippen molar-refractivity contribution in [1.82, 2.24) is 19.5 Å². The van der Waals surface area contributed by atoms with E-state index < -0.39 is 5.97 Å². The molecular weight excluding hydrogens is 526 g/mol. The van der Waals surface area contributed by atoms with Gasteiger partial charge in [-0.2, -0.15) is 5.10 Å². The van der Waals surface area contributed by atoms with Crippen LogP contribution in [-0.2, 0) is 4.74 Å². The lowest BCUT2D eigenvalue weighted by molar-refractivity contribution is 0.0592. The molecule has 0 spiro atoms. The van der Waals surface area contributed by atoms with Gasteiger partial charge in [0.15, 0.2) is 11.3 Å². The molecule has 0 saturated carbocycles. The van der Waals surface area contributed by atoms with Gasteiger partial charge in [-0.1, -0.05) is 25.5 Å². The van der Waals surface area contributed by atoms with Crippen LogP contribution in [-0.4, -0.2) is 71.8 Å². The zero-order valence-electron chi connectivity index (χ0n) is 24.1. The van der Waals surface area contributed by atoms with Crippen molar-refractivity contribution in [1.29, 1.82) is 0 Å². The first-order chi connectivity index (χ1) is 19.4. The number of amides is 1. The molecule has 1 aromatic carbocycles. The van der Waals surface area contributed by atoms with Crippen molar-refractivity contribution in [2.45, 2.75) is 40.5 Å². The van der Waals surface area contributed by atoms with Crippen LogP contribution in [0.3, 0.4) is 0 Å². The number of esters is 1. The topological polar surface area (TPSA) is 89.3 Å².